The zero-order chi connectivity index (χ0) is 17.1. The highest BCUT2D eigenvalue weighted by molar-refractivity contribution is 6.38. The second-order valence-electron chi connectivity index (χ2n) is 4.11. The average molecular weight is 355 g/mol. The van der Waals surface area contributed by atoms with Crippen LogP contribution < -0.4 is 10.4 Å². The summed E-state index contributed by atoms with van der Waals surface area (Å²) >= 11 is 11.6. The summed E-state index contributed by atoms with van der Waals surface area (Å²) in [5, 5.41) is 22.0. The molecule has 0 radical (unpaired) electrons. The van der Waals surface area contributed by atoms with E-state index in [1.807, 2.05) is 0 Å². The Morgan fingerprint density at radius 2 is 1.65 bits per heavy atom. The van der Waals surface area contributed by atoms with Crippen molar-refractivity contribution in [1.82, 2.24) is 9.97 Å². The molecule has 0 saturated heterocycles. The maximum absolute atomic E-state index is 12.1. The number of carbonyl (C=O) groups excluding carboxylic acids is 2. The maximum Gasteiger partial charge on any atom is 0.356 e. The van der Waals surface area contributed by atoms with E-state index < -0.39 is 29.2 Å². The fourth-order valence-corrected chi connectivity index (χ4v) is 2.15. The highest BCUT2D eigenvalue weighted by Gasteiger charge is 2.20. The van der Waals surface area contributed by atoms with Crippen LogP contribution in [0.3, 0.4) is 0 Å². The lowest BCUT2D eigenvalue weighted by molar-refractivity contribution is -0.255. The predicted octanol–water partition coefficient (Wildman–Crippen LogP) is 1.10. The third-order valence-corrected chi connectivity index (χ3v) is 3.27. The van der Waals surface area contributed by atoms with E-state index in [2.05, 4.69) is 15.3 Å². The third kappa shape index (κ3) is 3.55. The van der Waals surface area contributed by atoms with Crippen molar-refractivity contribution in [1.29, 1.82) is 0 Å². The average Bonchev–Trinajstić information content (AvgIpc) is 2.49. The predicted molar refractivity (Wildman–Crippen MR) is 77.7 cm³/mol. The Balaban J connectivity index is 2.40. The minimum absolute atomic E-state index is 0.0471. The van der Waals surface area contributed by atoms with Gasteiger partial charge in [0.15, 0.2) is 11.4 Å². The normalized spacial score (nSPS) is 10.2. The summed E-state index contributed by atoms with van der Waals surface area (Å²) in [6.45, 7) is 0. The number of hydrogen-bond donors (Lipinski definition) is 2. The lowest BCUT2D eigenvalue weighted by atomic mass is 10.2. The van der Waals surface area contributed by atoms with Gasteiger partial charge in [-0.2, -0.15) is 0 Å². The molecule has 2 aromatic rings. The van der Waals surface area contributed by atoms with Crippen LogP contribution in [-0.2, 0) is 0 Å². The molecule has 0 aliphatic carbocycles. The first kappa shape index (κ1) is 16.7. The molecule has 1 amide bonds. The SMILES string of the molecule is O=C([O-])c1cc(NC(=O)c2nccnc2C(=O)O)c(Cl)cc1Cl. The van der Waals surface area contributed by atoms with E-state index in [0.717, 1.165) is 24.5 Å². The number of halogens is 2. The lowest BCUT2D eigenvalue weighted by Crippen LogP contribution is -2.23. The molecule has 10 heteroatoms. The molecule has 1 heterocycles. The summed E-state index contributed by atoms with van der Waals surface area (Å²) in [4.78, 5) is 41.3. The molecule has 118 valence electrons. The van der Waals surface area contributed by atoms with Crippen molar-refractivity contribution in [2.24, 2.45) is 0 Å². The van der Waals surface area contributed by atoms with Crippen LogP contribution in [0.2, 0.25) is 10.0 Å². The number of nitrogens with one attached hydrogen (secondary N) is 1. The maximum atomic E-state index is 12.1. The second-order valence-corrected chi connectivity index (χ2v) is 4.93. The highest BCUT2D eigenvalue weighted by atomic mass is 35.5. The highest BCUT2D eigenvalue weighted by Crippen LogP contribution is 2.29. The van der Waals surface area contributed by atoms with Gasteiger partial charge in [-0.05, 0) is 12.1 Å². The fourth-order valence-electron chi connectivity index (χ4n) is 1.64. The number of carboxylic acids is 2. The van der Waals surface area contributed by atoms with Crippen molar-refractivity contribution in [3.8, 4) is 0 Å². The smallest absolute Gasteiger partial charge is 0.356 e. The van der Waals surface area contributed by atoms with Gasteiger partial charge < -0.3 is 20.3 Å². The molecule has 1 aromatic carbocycles. The van der Waals surface area contributed by atoms with Crippen molar-refractivity contribution >= 4 is 46.7 Å². The first-order valence-corrected chi connectivity index (χ1v) is 6.63. The van der Waals surface area contributed by atoms with Crippen LogP contribution in [0.5, 0.6) is 0 Å². The summed E-state index contributed by atoms with van der Waals surface area (Å²) in [5.41, 5.74) is -1.50. The Bertz CT molecular complexity index is 825. The van der Waals surface area contributed by atoms with Crippen molar-refractivity contribution in [3.05, 3.63) is 51.5 Å². The van der Waals surface area contributed by atoms with Gasteiger partial charge in [-0.15, -0.1) is 0 Å². The minimum Gasteiger partial charge on any atom is -0.545 e. The molecule has 23 heavy (non-hydrogen) atoms. The van der Waals surface area contributed by atoms with Crippen LogP contribution >= 0.6 is 23.2 Å². The van der Waals surface area contributed by atoms with E-state index in [0.29, 0.717) is 0 Å². The van der Waals surface area contributed by atoms with Gasteiger partial charge in [0.05, 0.1) is 21.7 Å². The summed E-state index contributed by atoms with van der Waals surface area (Å²) in [6, 6.07) is 2.10. The Kier molecular flexibility index (Phi) is 4.77. The van der Waals surface area contributed by atoms with Gasteiger partial charge in [0, 0.05) is 18.0 Å². The molecule has 8 nitrogen and oxygen atoms in total. The molecule has 0 atom stereocenters. The molecule has 0 bridgehead atoms. The molecular weight excluding hydrogens is 349 g/mol. The lowest BCUT2D eigenvalue weighted by Gasteiger charge is -2.12. The number of hydrogen-bond acceptors (Lipinski definition) is 6. The number of carbonyl (C=O) groups is 3. The molecular formula is C13H6Cl2N3O5-. The van der Waals surface area contributed by atoms with Crippen LogP contribution in [0.15, 0.2) is 24.5 Å². The summed E-state index contributed by atoms with van der Waals surface area (Å²) in [5.74, 6) is -3.93. The van der Waals surface area contributed by atoms with E-state index in [-0.39, 0.29) is 21.3 Å². The minimum atomic E-state index is -1.56. The zero-order valence-electron chi connectivity index (χ0n) is 11.0. The van der Waals surface area contributed by atoms with Gasteiger partial charge in [-0.1, -0.05) is 23.2 Å². The number of anilines is 1. The van der Waals surface area contributed by atoms with E-state index in [1.165, 1.54) is 0 Å². The Morgan fingerprint density at radius 1 is 1.04 bits per heavy atom. The Labute approximate surface area is 138 Å². The molecule has 0 aliphatic rings. The molecule has 0 unspecified atom stereocenters. The van der Waals surface area contributed by atoms with E-state index in [9.17, 15) is 19.5 Å². The molecule has 0 saturated carbocycles. The van der Waals surface area contributed by atoms with Crippen LogP contribution in [0.4, 0.5) is 5.69 Å². The van der Waals surface area contributed by atoms with Crippen molar-refractivity contribution in [2.45, 2.75) is 0 Å². The monoisotopic (exact) mass is 354 g/mol. The second kappa shape index (κ2) is 6.59. The zero-order valence-corrected chi connectivity index (χ0v) is 12.6. The molecule has 2 rings (SSSR count). The van der Waals surface area contributed by atoms with E-state index in [1.54, 1.807) is 0 Å². The van der Waals surface area contributed by atoms with Crippen LogP contribution in [-0.4, -0.2) is 32.9 Å². The first-order valence-electron chi connectivity index (χ1n) is 5.87. The van der Waals surface area contributed by atoms with Gasteiger partial charge in [0.2, 0.25) is 0 Å². The molecule has 0 aliphatic heterocycles. The van der Waals surface area contributed by atoms with E-state index >= 15 is 0 Å². The van der Waals surface area contributed by atoms with Gasteiger partial charge in [-0.3, -0.25) is 4.79 Å². The molecule has 1 aromatic heterocycles. The molecule has 2 N–H and O–H groups in total. The molecule has 0 fully saturated rings. The number of benzene rings is 1. The largest absolute Gasteiger partial charge is 0.545 e. The van der Waals surface area contributed by atoms with E-state index in [4.69, 9.17) is 28.3 Å². The number of nitrogens with zero attached hydrogens (tertiary/aromatic N) is 2. The number of amides is 1. The van der Waals surface area contributed by atoms with Crippen molar-refractivity contribution < 1.29 is 24.6 Å². The van der Waals surface area contributed by atoms with Gasteiger partial charge in [0.1, 0.15) is 0 Å². The van der Waals surface area contributed by atoms with Crippen LogP contribution in [0.25, 0.3) is 0 Å². The fraction of sp³-hybridized carbons (Fsp3) is 0. The van der Waals surface area contributed by atoms with Crippen molar-refractivity contribution in [3.63, 3.8) is 0 Å². The molecule has 0 spiro atoms. The number of rotatable bonds is 4. The van der Waals surface area contributed by atoms with Crippen molar-refractivity contribution in [2.75, 3.05) is 5.32 Å². The third-order valence-electron chi connectivity index (χ3n) is 2.64. The Morgan fingerprint density at radius 3 is 2.22 bits per heavy atom. The van der Waals surface area contributed by atoms with Crippen LogP contribution in [0.1, 0.15) is 31.3 Å². The number of aromatic nitrogens is 2. The summed E-state index contributed by atoms with van der Waals surface area (Å²) < 4.78 is 0. The Hall–Kier alpha value is -2.71. The summed E-state index contributed by atoms with van der Waals surface area (Å²) in [6.07, 6.45) is 2.25. The first-order chi connectivity index (χ1) is 10.8. The number of carboxylic acid groups (broad SMARTS) is 2. The standard InChI is InChI=1S/C13H7Cl2N3O5/c14-6-4-7(15)8(3-5(6)12(20)21)18-11(19)9-10(13(22)23)17-2-1-16-9/h1-4H,(H,18,19)(H,20,21)(H,22,23)/p-1. The topological polar surface area (TPSA) is 132 Å². The summed E-state index contributed by atoms with van der Waals surface area (Å²) in [7, 11) is 0. The van der Waals surface area contributed by atoms with Gasteiger partial charge in [0.25, 0.3) is 5.91 Å². The van der Waals surface area contributed by atoms with Crippen LogP contribution in [0, 0.1) is 0 Å². The quantitative estimate of drug-likeness (QED) is 0.839. The van der Waals surface area contributed by atoms with Gasteiger partial charge >= 0.3 is 5.97 Å². The number of aromatic carboxylic acids is 2. The van der Waals surface area contributed by atoms with Gasteiger partial charge in [-0.25, -0.2) is 14.8 Å².